The van der Waals surface area contributed by atoms with Gasteiger partial charge in [0.15, 0.2) is 5.82 Å². The molecule has 1 heterocycles. The normalized spacial score (nSPS) is 14.3. The summed E-state index contributed by atoms with van der Waals surface area (Å²) >= 11 is 0. The van der Waals surface area contributed by atoms with Crippen molar-refractivity contribution in [3.63, 3.8) is 0 Å². The molecule has 19 heavy (non-hydrogen) atoms. The summed E-state index contributed by atoms with van der Waals surface area (Å²) in [6.45, 7) is 4.66. The van der Waals surface area contributed by atoms with Crippen molar-refractivity contribution < 1.29 is 4.52 Å². The highest BCUT2D eigenvalue weighted by atomic mass is 16.5. The molecular weight excluding hydrogens is 238 g/mol. The van der Waals surface area contributed by atoms with E-state index in [0.29, 0.717) is 12.4 Å². The molecule has 0 saturated carbocycles. The van der Waals surface area contributed by atoms with Gasteiger partial charge in [-0.3, -0.25) is 0 Å². The quantitative estimate of drug-likeness (QED) is 0.865. The number of hydrogen-bond acceptors (Lipinski definition) is 4. The zero-order valence-corrected chi connectivity index (χ0v) is 11.6. The van der Waals surface area contributed by atoms with E-state index in [1.165, 1.54) is 5.56 Å². The first-order valence-corrected chi connectivity index (χ1v) is 6.75. The third kappa shape index (κ3) is 3.20. The lowest BCUT2D eigenvalue weighted by molar-refractivity contribution is 0.289. The lowest BCUT2D eigenvalue weighted by atomic mass is 9.88. The Bertz CT molecular complexity index is 503. The second-order valence-corrected chi connectivity index (χ2v) is 5.12. The molecule has 2 aromatic rings. The van der Waals surface area contributed by atoms with Crippen molar-refractivity contribution >= 4 is 0 Å². The van der Waals surface area contributed by atoms with Gasteiger partial charge in [0, 0.05) is 13.0 Å². The topological polar surface area (TPSA) is 64.9 Å². The van der Waals surface area contributed by atoms with Crippen molar-refractivity contribution in [3.8, 4) is 0 Å². The Kier molecular flexibility index (Phi) is 4.32. The second kappa shape index (κ2) is 5.97. The summed E-state index contributed by atoms with van der Waals surface area (Å²) in [5.74, 6) is 1.41. The molecule has 102 valence electrons. The molecule has 4 nitrogen and oxygen atoms in total. The first kappa shape index (κ1) is 13.7. The number of nitrogens with zero attached hydrogens (tertiary/aromatic N) is 2. The monoisotopic (exact) mass is 259 g/mol. The smallest absolute Gasteiger partial charge is 0.233 e. The second-order valence-electron chi connectivity index (χ2n) is 5.12. The Morgan fingerprint density at radius 3 is 2.58 bits per heavy atom. The number of nitrogens with two attached hydrogens (primary N) is 1. The fourth-order valence-electron chi connectivity index (χ4n) is 1.88. The summed E-state index contributed by atoms with van der Waals surface area (Å²) in [5.41, 5.74) is 6.87. The van der Waals surface area contributed by atoms with Crippen LogP contribution in [0.25, 0.3) is 0 Å². The number of aromatic nitrogens is 2. The minimum atomic E-state index is -0.210. The fraction of sp³-hybridized carbons (Fsp3) is 0.467. The molecule has 0 radical (unpaired) electrons. The van der Waals surface area contributed by atoms with E-state index in [-0.39, 0.29) is 5.41 Å². The van der Waals surface area contributed by atoms with Crippen LogP contribution in [0, 0.1) is 0 Å². The molecule has 0 amide bonds. The van der Waals surface area contributed by atoms with E-state index in [0.717, 1.165) is 25.1 Å². The minimum Gasteiger partial charge on any atom is -0.339 e. The summed E-state index contributed by atoms with van der Waals surface area (Å²) in [6.07, 6.45) is 2.60. The zero-order valence-electron chi connectivity index (χ0n) is 11.6. The van der Waals surface area contributed by atoms with Crippen LogP contribution >= 0.6 is 0 Å². The SMILES string of the molecule is CCC(C)(CN)c1nc(CCc2ccccc2)no1. The number of benzene rings is 1. The molecule has 2 rings (SSSR count). The highest BCUT2D eigenvalue weighted by Crippen LogP contribution is 2.24. The van der Waals surface area contributed by atoms with Crippen LogP contribution in [0.5, 0.6) is 0 Å². The van der Waals surface area contributed by atoms with Crippen molar-refractivity contribution in [1.29, 1.82) is 0 Å². The van der Waals surface area contributed by atoms with E-state index in [2.05, 4.69) is 36.1 Å². The first-order valence-electron chi connectivity index (χ1n) is 6.75. The van der Waals surface area contributed by atoms with Gasteiger partial charge in [-0.1, -0.05) is 42.4 Å². The predicted octanol–water partition coefficient (Wildman–Crippen LogP) is 2.48. The summed E-state index contributed by atoms with van der Waals surface area (Å²) in [7, 11) is 0. The Morgan fingerprint density at radius 1 is 1.21 bits per heavy atom. The van der Waals surface area contributed by atoms with E-state index >= 15 is 0 Å². The molecule has 0 aliphatic heterocycles. The Labute approximate surface area is 114 Å². The van der Waals surface area contributed by atoms with Crippen LogP contribution < -0.4 is 5.73 Å². The van der Waals surface area contributed by atoms with E-state index in [9.17, 15) is 0 Å². The van der Waals surface area contributed by atoms with Crippen molar-refractivity contribution in [2.75, 3.05) is 6.54 Å². The molecular formula is C15H21N3O. The Hall–Kier alpha value is -1.68. The lowest BCUT2D eigenvalue weighted by Crippen LogP contribution is -2.31. The van der Waals surface area contributed by atoms with Gasteiger partial charge in [0.05, 0.1) is 5.41 Å². The molecule has 2 N–H and O–H groups in total. The Morgan fingerprint density at radius 2 is 1.95 bits per heavy atom. The van der Waals surface area contributed by atoms with Crippen LogP contribution in [0.15, 0.2) is 34.9 Å². The van der Waals surface area contributed by atoms with E-state index in [4.69, 9.17) is 10.3 Å². The number of rotatable bonds is 6. The van der Waals surface area contributed by atoms with Crippen LogP contribution in [0.1, 0.15) is 37.5 Å². The highest BCUT2D eigenvalue weighted by Gasteiger charge is 2.29. The molecule has 1 aromatic heterocycles. The van der Waals surface area contributed by atoms with E-state index in [1.807, 2.05) is 18.2 Å². The van der Waals surface area contributed by atoms with Crippen molar-refractivity contribution in [2.24, 2.45) is 5.73 Å². The zero-order chi connectivity index (χ0) is 13.7. The van der Waals surface area contributed by atoms with Gasteiger partial charge >= 0.3 is 0 Å². The third-order valence-electron chi connectivity index (χ3n) is 3.70. The van der Waals surface area contributed by atoms with Crippen LogP contribution in [-0.4, -0.2) is 16.7 Å². The van der Waals surface area contributed by atoms with Gasteiger partial charge in [0.1, 0.15) is 0 Å². The molecule has 0 saturated heterocycles. The van der Waals surface area contributed by atoms with E-state index in [1.54, 1.807) is 0 Å². The van der Waals surface area contributed by atoms with Gasteiger partial charge in [-0.2, -0.15) is 4.98 Å². The summed E-state index contributed by atoms with van der Waals surface area (Å²) in [4.78, 5) is 4.48. The maximum Gasteiger partial charge on any atom is 0.233 e. The fourth-order valence-corrected chi connectivity index (χ4v) is 1.88. The highest BCUT2D eigenvalue weighted by molar-refractivity contribution is 5.15. The summed E-state index contributed by atoms with van der Waals surface area (Å²) in [6, 6.07) is 10.3. The average molecular weight is 259 g/mol. The molecule has 0 aliphatic carbocycles. The molecule has 4 heteroatoms. The molecule has 0 fully saturated rings. The third-order valence-corrected chi connectivity index (χ3v) is 3.70. The van der Waals surface area contributed by atoms with Crippen molar-refractivity contribution in [2.45, 2.75) is 38.5 Å². The van der Waals surface area contributed by atoms with Crippen molar-refractivity contribution in [1.82, 2.24) is 10.1 Å². The van der Waals surface area contributed by atoms with Crippen LogP contribution in [0.3, 0.4) is 0 Å². The molecule has 0 aliphatic rings. The maximum atomic E-state index is 5.80. The summed E-state index contributed by atoms with van der Waals surface area (Å²) < 4.78 is 5.36. The average Bonchev–Trinajstić information content (AvgIpc) is 2.95. The van der Waals surface area contributed by atoms with Gasteiger partial charge in [-0.25, -0.2) is 0 Å². The van der Waals surface area contributed by atoms with Crippen LogP contribution in [0.4, 0.5) is 0 Å². The molecule has 1 unspecified atom stereocenters. The molecule has 0 bridgehead atoms. The summed E-state index contributed by atoms with van der Waals surface area (Å²) in [5, 5.41) is 4.05. The van der Waals surface area contributed by atoms with Gasteiger partial charge in [0.25, 0.3) is 0 Å². The minimum absolute atomic E-state index is 0.210. The first-order chi connectivity index (χ1) is 9.18. The van der Waals surface area contributed by atoms with Gasteiger partial charge in [-0.05, 0) is 25.3 Å². The van der Waals surface area contributed by atoms with Gasteiger partial charge in [0.2, 0.25) is 5.89 Å². The predicted molar refractivity (Wildman–Crippen MR) is 74.8 cm³/mol. The van der Waals surface area contributed by atoms with E-state index < -0.39 is 0 Å². The van der Waals surface area contributed by atoms with Gasteiger partial charge < -0.3 is 10.3 Å². The van der Waals surface area contributed by atoms with Crippen LogP contribution in [-0.2, 0) is 18.3 Å². The lowest BCUT2D eigenvalue weighted by Gasteiger charge is -2.20. The molecule has 0 spiro atoms. The largest absolute Gasteiger partial charge is 0.339 e. The molecule has 1 aromatic carbocycles. The van der Waals surface area contributed by atoms with Gasteiger partial charge in [-0.15, -0.1) is 0 Å². The standard InChI is InChI=1S/C15H21N3O/c1-3-15(2,11-16)14-17-13(18-19-14)10-9-12-7-5-4-6-8-12/h4-8H,3,9-11,16H2,1-2H3. The molecule has 1 atom stereocenters. The number of aryl methyl sites for hydroxylation is 2. The Balaban J connectivity index is 2.02. The number of hydrogen-bond donors (Lipinski definition) is 1. The maximum absolute atomic E-state index is 5.80. The van der Waals surface area contributed by atoms with Crippen LogP contribution in [0.2, 0.25) is 0 Å². The van der Waals surface area contributed by atoms with Crippen molar-refractivity contribution in [3.05, 3.63) is 47.6 Å².